The van der Waals surface area contributed by atoms with Gasteiger partial charge in [-0.25, -0.2) is 4.68 Å². The molecular formula is C15H21ClN4. The van der Waals surface area contributed by atoms with E-state index >= 15 is 0 Å². The standard InChI is InChI=1S/C15H21ClN4/c1-4-7-20-15(10-18-19-20)14-8-13(16)6-5-12(14)9-17-11(2)3/h5-6,8,10-11,17H,4,7,9H2,1-3H3. The van der Waals surface area contributed by atoms with Gasteiger partial charge in [0.25, 0.3) is 0 Å². The molecule has 0 atom stereocenters. The Kier molecular flexibility index (Phi) is 5.15. The Balaban J connectivity index is 2.37. The summed E-state index contributed by atoms with van der Waals surface area (Å²) in [6, 6.07) is 6.42. The second-order valence-corrected chi connectivity index (χ2v) is 5.62. The van der Waals surface area contributed by atoms with Crippen LogP contribution in [0, 0.1) is 0 Å². The van der Waals surface area contributed by atoms with Crippen molar-refractivity contribution in [2.45, 2.75) is 46.3 Å². The van der Waals surface area contributed by atoms with Gasteiger partial charge in [0.1, 0.15) is 0 Å². The summed E-state index contributed by atoms with van der Waals surface area (Å²) in [6.45, 7) is 8.07. The number of hydrogen-bond acceptors (Lipinski definition) is 3. The van der Waals surface area contributed by atoms with Crippen LogP contribution in [0.5, 0.6) is 0 Å². The van der Waals surface area contributed by atoms with Crippen molar-refractivity contribution in [2.75, 3.05) is 0 Å². The van der Waals surface area contributed by atoms with E-state index in [-0.39, 0.29) is 0 Å². The van der Waals surface area contributed by atoms with E-state index in [2.05, 4.69) is 42.5 Å². The van der Waals surface area contributed by atoms with Gasteiger partial charge in [-0.3, -0.25) is 0 Å². The van der Waals surface area contributed by atoms with Gasteiger partial charge < -0.3 is 5.32 Å². The van der Waals surface area contributed by atoms with Crippen LogP contribution >= 0.6 is 11.6 Å². The Labute approximate surface area is 125 Å². The molecule has 20 heavy (non-hydrogen) atoms. The number of aromatic nitrogens is 3. The molecule has 1 N–H and O–H groups in total. The minimum Gasteiger partial charge on any atom is -0.310 e. The number of nitrogens with zero attached hydrogens (tertiary/aromatic N) is 3. The summed E-state index contributed by atoms with van der Waals surface area (Å²) in [5.41, 5.74) is 3.33. The van der Waals surface area contributed by atoms with Crippen LogP contribution in [0.1, 0.15) is 32.8 Å². The van der Waals surface area contributed by atoms with Gasteiger partial charge in [0, 0.05) is 29.7 Å². The second-order valence-electron chi connectivity index (χ2n) is 5.18. The van der Waals surface area contributed by atoms with Crippen LogP contribution < -0.4 is 5.32 Å². The number of aryl methyl sites for hydroxylation is 1. The highest BCUT2D eigenvalue weighted by Crippen LogP contribution is 2.26. The minimum absolute atomic E-state index is 0.442. The highest BCUT2D eigenvalue weighted by molar-refractivity contribution is 6.30. The van der Waals surface area contributed by atoms with E-state index in [1.54, 1.807) is 6.20 Å². The number of nitrogens with one attached hydrogen (secondary N) is 1. The number of benzene rings is 1. The van der Waals surface area contributed by atoms with Crippen LogP contribution in [-0.2, 0) is 13.1 Å². The average molecular weight is 293 g/mol. The summed E-state index contributed by atoms with van der Waals surface area (Å²) in [5.74, 6) is 0. The van der Waals surface area contributed by atoms with Gasteiger partial charge in [-0.1, -0.05) is 43.7 Å². The van der Waals surface area contributed by atoms with Gasteiger partial charge in [-0.2, -0.15) is 0 Å². The molecule has 2 aromatic rings. The zero-order valence-electron chi connectivity index (χ0n) is 12.2. The predicted molar refractivity (Wildman–Crippen MR) is 82.7 cm³/mol. The zero-order chi connectivity index (χ0) is 14.5. The SMILES string of the molecule is CCCn1nncc1-c1cc(Cl)ccc1CNC(C)C. The van der Waals surface area contributed by atoms with Crippen molar-refractivity contribution in [3.8, 4) is 11.3 Å². The molecule has 0 aliphatic carbocycles. The van der Waals surface area contributed by atoms with Gasteiger partial charge in [0.15, 0.2) is 0 Å². The van der Waals surface area contributed by atoms with Crippen molar-refractivity contribution < 1.29 is 0 Å². The first kappa shape index (κ1) is 15.0. The Morgan fingerprint density at radius 3 is 2.85 bits per heavy atom. The number of halogens is 1. The van der Waals surface area contributed by atoms with E-state index in [4.69, 9.17) is 11.6 Å². The lowest BCUT2D eigenvalue weighted by Gasteiger charge is -2.14. The first-order valence-electron chi connectivity index (χ1n) is 7.02. The van der Waals surface area contributed by atoms with E-state index in [1.807, 2.05) is 16.8 Å². The number of hydrogen-bond donors (Lipinski definition) is 1. The molecule has 1 aromatic carbocycles. The summed E-state index contributed by atoms with van der Waals surface area (Å²) in [6.07, 6.45) is 2.83. The third kappa shape index (κ3) is 3.58. The van der Waals surface area contributed by atoms with Crippen LogP contribution in [0.25, 0.3) is 11.3 Å². The average Bonchev–Trinajstić information content (AvgIpc) is 2.85. The highest BCUT2D eigenvalue weighted by Gasteiger charge is 2.12. The lowest BCUT2D eigenvalue weighted by Crippen LogP contribution is -2.22. The van der Waals surface area contributed by atoms with Gasteiger partial charge in [-0.15, -0.1) is 5.10 Å². The highest BCUT2D eigenvalue weighted by atomic mass is 35.5. The maximum absolute atomic E-state index is 6.16. The largest absolute Gasteiger partial charge is 0.310 e. The van der Waals surface area contributed by atoms with Crippen molar-refractivity contribution in [3.63, 3.8) is 0 Å². The van der Waals surface area contributed by atoms with Gasteiger partial charge >= 0.3 is 0 Å². The molecule has 4 nitrogen and oxygen atoms in total. The second kappa shape index (κ2) is 6.86. The molecule has 0 fully saturated rings. The van der Waals surface area contributed by atoms with E-state index in [0.29, 0.717) is 6.04 Å². The fourth-order valence-corrected chi connectivity index (χ4v) is 2.27. The van der Waals surface area contributed by atoms with Crippen LogP contribution in [-0.4, -0.2) is 21.0 Å². The molecule has 0 saturated heterocycles. The predicted octanol–water partition coefficient (Wildman–Crippen LogP) is 3.51. The topological polar surface area (TPSA) is 42.7 Å². The third-order valence-corrected chi connectivity index (χ3v) is 3.34. The summed E-state index contributed by atoms with van der Waals surface area (Å²) in [5, 5.41) is 12.4. The van der Waals surface area contributed by atoms with E-state index < -0.39 is 0 Å². The first-order chi connectivity index (χ1) is 9.61. The molecule has 0 spiro atoms. The fraction of sp³-hybridized carbons (Fsp3) is 0.467. The molecule has 5 heteroatoms. The van der Waals surface area contributed by atoms with Crippen LogP contribution in [0.4, 0.5) is 0 Å². The molecule has 108 valence electrons. The van der Waals surface area contributed by atoms with Crippen LogP contribution in [0.2, 0.25) is 5.02 Å². The van der Waals surface area contributed by atoms with Crippen molar-refractivity contribution in [1.82, 2.24) is 20.3 Å². The summed E-state index contributed by atoms with van der Waals surface area (Å²) in [7, 11) is 0. The lowest BCUT2D eigenvalue weighted by molar-refractivity contribution is 0.579. The van der Waals surface area contributed by atoms with Crippen molar-refractivity contribution in [3.05, 3.63) is 35.0 Å². The quantitative estimate of drug-likeness (QED) is 0.886. The Morgan fingerprint density at radius 1 is 1.35 bits per heavy atom. The molecule has 0 bridgehead atoms. The van der Waals surface area contributed by atoms with Gasteiger partial charge in [0.05, 0.1) is 11.9 Å². The van der Waals surface area contributed by atoms with E-state index in [0.717, 1.165) is 35.8 Å². The molecule has 0 unspecified atom stereocenters. The normalized spacial score (nSPS) is 11.2. The maximum atomic E-state index is 6.16. The van der Waals surface area contributed by atoms with Crippen molar-refractivity contribution in [2.24, 2.45) is 0 Å². The van der Waals surface area contributed by atoms with Crippen LogP contribution in [0.15, 0.2) is 24.4 Å². The Morgan fingerprint density at radius 2 is 2.15 bits per heavy atom. The first-order valence-corrected chi connectivity index (χ1v) is 7.40. The minimum atomic E-state index is 0.442. The monoisotopic (exact) mass is 292 g/mol. The fourth-order valence-electron chi connectivity index (χ4n) is 2.10. The lowest BCUT2D eigenvalue weighted by atomic mass is 10.0. The third-order valence-electron chi connectivity index (χ3n) is 3.10. The number of rotatable bonds is 6. The molecule has 2 rings (SSSR count). The molecule has 1 heterocycles. The van der Waals surface area contributed by atoms with E-state index in [9.17, 15) is 0 Å². The molecule has 1 aromatic heterocycles. The van der Waals surface area contributed by atoms with E-state index in [1.165, 1.54) is 5.56 Å². The van der Waals surface area contributed by atoms with Crippen molar-refractivity contribution in [1.29, 1.82) is 0 Å². The molecule has 0 amide bonds. The van der Waals surface area contributed by atoms with Crippen LogP contribution in [0.3, 0.4) is 0 Å². The Bertz CT molecular complexity index is 563. The van der Waals surface area contributed by atoms with Gasteiger partial charge in [0.2, 0.25) is 0 Å². The molecular weight excluding hydrogens is 272 g/mol. The molecule has 0 saturated carbocycles. The molecule has 0 radical (unpaired) electrons. The smallest absolute Gasteiger partial charge is 0.0889 e. The summed E-state index contributed by atoms with van der Waals surface area (Å²) < 4.78 is 1.94. The summed E-state index contributed by atoms with van der Waals surface area (Å²) >= 11 is 6.16. The van der Waals surface area contributed by atoms with Gasteiger partial charge in [-0.05, 0) is 24.1 Å². The molecule has 0 aliphatic rings. The maximum Gasteiger partial charge on any atom is 0.0889 e. The summed E-state index contributed by atoms with van der Waals surface area (Å²) in [4.78, 5) is 0. The van der Waals surface area contributed by atoms with Crippen molar-refractivity contribution >= 4 is 11.6 Å². The Hall–Kier alpha value is -1.39. The molecule has 0 aliphatic heterocycles. The zero-order valence-corrected chi connectivity index (χ0v) is 13.0.